The number of Topliss-reactive ketones (excluding diaryl/α,β-unsaturated/α-hetero) is 1. The molecule has 2 unspecified atom stereocenters. The Morgan fingerprint density at radius 1 is 1.06 bits per heavy atom. The largest absolute Gasteiger partial charge is 0.497 e. The van der Waals surface area contributed by atoms with E-state index in [1.807, 2.05) is 6.92 Å². The number of hydrogen-bond donors (Lipinski definition) is 0. The van der Waals surface area contributed by atoms with Gasteiger partial charge in [-0.1, -0.05) is 47.6 Å². The molecular formula is C29H44O2. The maximum atomic E-state index is 9.81. The third-order valence-corrected chi connectivity index (χ3v) is 11.3. The highest BCUT2D eigenvalue weighted by Gasteiger charge is 2.79. The summed E-state index contributed by atoms with van der Waals surface area (Å²) in [6.45, 7) is 16.6. The number of methoxy groups -OCH3 is 1. The summed E-state index contributed by atoms with van der Waals surface area (Å²) in [7, 11) is 1.79. The summed E-state index contributed by atoms with van der Waals surface area (Å²) in [5, 5.41) is 0. The Labute approximate surface area is 190 Å². The van der Waals surface area contributed by atoms with E-state index in [1.54, 1.807) is 25.2 Å². The molecule has 2 heteroatoms. The maximum Gasteiger partial charge on any atom is 0.129 e. The van der Waals surface area contributed by atoms with E-state index >= 15 is 0 Å². The SMILES string of the molecule is CCC(C)=O.COc1ccc2c(c1)CCC1C2CC[C@]2(C)[C@H]3CC[C@@]12C(C)(C)C3(C)C. The standard InChI is InChI=1S/C25H36O.C4H8O/c1-22(2)21-12-14-25(23(22,3)4)20-10-7-16-15-17(26-6)8-9-18(16)19(20)11-13-24(21,25)5;1-3-4(2)5/h8-9,15,19-21H,7,10-14H2,1-6H3;3H2,1-2H3/t19?,20?,21-,24+,25-;/m0./s1. The van der Waals surface area contributed by atoms with E-state index in [-0.39, 0.29) is 5.78 Å². The van der Waals surface area contributed by atoms with E-state index in [0.29, 0.717) is 28.1 Å². The highest BCUT2D eigenvalue weighted by molar-refractivity contribution is 5.74. The van der Waals surface area contributed by atoms with Crippen LogP contribution in [0, 0.1) is 33.5 Å². The van der Waals surface area contributed by atoms with Gasteiger partial charge in [0.25, 0.3) is 0 Å². The van der Waals surface area contributed by atoms with E-state index in [2.05, 4.69) is 52.8 Å². The van der Waals surface area contributed by atoms with Crippen LogP contribution in [0.2, 0.25) is 0 Å². The van der Waals surface area contributed by atoms with Crippen LogP contribution in [-0.4, -0.2) is 12.9 Å². The van der Waals surface area contributed by atoms with Crippen molar-refractivity contribution in [3.63, 3.8) is 0 Å². The maximum absolute atomic E-state index is 9.81. The topological polar surface area (TPSA) is 26.3 Å². The molecule has 2 nitrogen and oxygen atoms in total. The fourth-order valence-corrected chi connectivity index (χ4v) is 9.37. The minimum absolute atomic E-state index is 0.255. The monoisotopic (exact) mass is 424 g/mol. The van der Waals surface area contributed by atoms with Crippen molar-refractivity contribution in [1.29, 1.82) is 0 Å². The second-order valence-corrected chi connectivity index (χ2v) is 12.2. The van der Waals surface area contributed by atoms with Crippen LogP contribution in [0.3, 0.4) is 0 Å². The molecule has 0 aromatic heterocycles. The molecule has 3 saturated carbocycles. The van der Waals surface area contributed by atoms with E-state index < -0.39 is 0 Å². The van der Waals surface area contributed by atoms with Gasteiger partial charge in [-0.05, 0) is 108 Å². The molecule has 0 saturated heterocycles. The summed E-state index contributed by atoms with van der Waals surface area (Å²) in [5.74, 6) is 3.83. The molecule has 5 atom stereocenters. The Balaban J connectivity index is 0.000000418. The predicted octanol–water partition coefficient (Wildman–Crippen LogP) is 7.59. The minimum atomic E-state index is 0.255. The number of fused-ring (bicyclic) bond motifs is 3. The lowest BCUT2D eigenvalue weighted by Crippen LogP contribution is -2.55. The molecule has 2 bridgehead atoms. The van der Waals surface area contributed by atoms with Crippen LogP contribution in [0.1, 0.15) is 104 Å². The van der Waals surface area contributed by atoms with Gasteiger partial charge in [0.05, 0.1) is 7.11 Å². The Kier molecular flexibility index (Phi) is 5.43. The lowest BCUT2D eigenvalue weighted by atomic mass is 9.42. The first-order valence-corrected chi connectivity index (χ1v) is 12.6. The van der Waals surface area contributed by atoms with Crippen LogP contribution < -0.4 is 4.74 Å². The summed E-state index contributed by atoms with van der Waals surface area (Å²) < 4.78 is 5.51. The number of benzene rings is 1. The van der Waals surface area contributed by atoms with Crippen LogP contribution in [0.4, 0.5) is 0 Å². The summed E-state index contributed by atoms with van der Waals surface area (Å²) in [6, 6.07) is 6.93. The third-order valence-electron chi connectivity index (χ3n) is 11.3. The molecule has 1 aromatic rings. The van der Waals surface area contributed by atoms with Crippen molar-refractivity contribution in [3.05, 3.63) is 29.3 Å². The van der Waals surface area contributed by atoms with E-state index in [4.69, 9.17) is 4.74 Å². The fourth-order valence-electron chi connectivity index (χ4n) is 9.37. The molecule has 0 N–H and O–H groups in total. The van der Waals surface area contributed by atoms with Gasteiger partial charge >= 0.3 is 0 Å². The van der Waals surface area contributed by atoms with Crippen LogP contribution in [0.5, 0.6) is 5.75 Å². The smallest absolute Gasteiger partial charge is 0.129 e. The Hall–Kier alpha value is -1.31. The molecule has 3 fully saturated rings. The van der Waals surface area contributed by atoms with Crippen LogP contribution in [-0.2, 0) is 11.2 Å². The summed E-state index contributed by atoms with van der Waals surface area (Å²) in [6.07, 6.45) is 9.05. The molecule has 0 heterocycles. The average Bonchev–Trinajstić information content (AvgIpc) is 3.11. The highest BCUT2D eigenvalue weighted by Crippen LogP contribution is 2.86. The third kappa shape index (κ3) is 2.78. The summed E-state index contributed by atoms with van der Waals surface area (Å²) >= 11 is 0. The lowest BCUT2D eigenvalue weighted by molar-refractivity contribution is -0.118. The number of carbonyl (C=O) groups is 1. The molecule has 4 aliphatic rings. The number of ketones is 1. The van der Waals surface area contributed by atoms with Gasteiger partial charge in [0.2, 0.25) is 0 Å². The number of rotatable bonds is 2. The van der Waals surface area contributed by atoms with Crippen LogP contribution in [0.15, 0.2) is 18.2 Å². The van der Waals surface area contributed by atoms with Gasteiger partial charge in [0, 0.05) is 6.42 Å². The van der Waals surface area contributed by atoms with E-state index in [1.165, 1.54) is 38.5 Å². The molecule has 0 aliphatic heterocycles. The summed E-state index contributed by atoms with van der Waals surface area (Å²) in [4.78, 5) is 9.81. The Morgan fingerprint density at radius 3 is 2.35 bits per heavy atom. The highest BCUT2D eigenvalue weighted by atomic mass is 16.5. The molecule has 172 valence electrons. The molecular weight excluding hydrogens is 380 g/mol. The Morgan fingerprint density at radius 2 is 1.74 bits per heavy atom. The van der Waals surface area contributed by atoms with Crippen molar-refractivity contribution in [3.8, 4) is 5.75 Å². The quantitative estimate of drug-likeness (QED) is 0.489. The Bertz CT molecular complexity index is 865. The van der Waals surface area contributed by atoms with Gasteiger partial charge in [0.15, 0.2) is 0 Å². The van der Waals surface area contributed by atoms with Crippen molar-refractivity contribution in [2.45, 2.75) is 99.3 Å². The first-order chi connectivity index (χ1) is 14.5. The van der Waals surface area contributed by atoms with Crippen LogP contribution >= 0.6 is 0 Å². The van der Waals surface area contributed by atoms with E-state index in [0.717, 1.165) is 23.5 Å². The van der Waals surface area contributed by atoms with Crippen molar-refractivity contribution in [2.24, 2.45) is 33.5 Å². The number of aryl methyl sites for hydroxylation is 1. The van der Waals surface area contributed by atoms with Gasteiger partial charge < -0.3 is 9.53 Å². The summed E-state index contributed by atoms with van der Waals surface area (Å²) in [5.41, 5.74) is 5.16. The molecule has 0 radical (unpaired) electrons. The molecule has 5 rings (SSSR count). The zero-order valence-electron chi connectivity index (χ0n) is 21.2. The second-order valence-electron chi connectivity index (χ2n) is 12.2. The molecule has 4 aliphatic carbocycles. The van der Waals surface area contributed by atoms with Crippen molar-refractivity contribution in [2.75, 3.05) is 7.11 Å². The van der Waals surface area contributed by atoms with Gasteiger partial charge in [-0.2, -0.15) is 0 Å². The normalized spacial score (nSPS) is 38.3. The molecule has 0 spiro atoms. The zero-order chi connectivity index (χ0) is 22.8. The number of hydrogen-bond acceptors (Lipinski definition) is 2. The first-order valence-electron chi connectivity index (χ1n) is 12.6. The van der Waals surface area contributed by atoms with Gasteiger partial charge in [-0.25, -0.2) is 0 Å². The van der Waals surface area contributed by atoms with Crippen molar-refractivity contribution in [1.82, 2.24) is 0 Å². The van der Waals surface area contributed by atoms with E-state index in [9.17, 15) is 4.79 Å². The van der Waals surface area contributed by atoms with Crippen molar-refractivity contribution < 1.29 is 9.53 Å². The van der Waals surface area contributed by atoms with Gasteiger partial charge in [-0.15, -0.1) is 0 Å². The molecule has 1 aromatic carbocycles. The van der Waals surface area contributed by atoms with Gasteiger partial charge in [0.1, 0.15) is 11.5 Å². The van der Waals surface area contributed by atoms with Gasteiger partial charge in [-0.3, -0.25) is 0 Å². The lowest BCUT2D eigenvalue weighted by Gasteiger charge is -2.62. The fraction of sp³-hybridized carbons (Fsp3) is 0.759. The minimum Gasteiger partial charge on any atom is -0.497 e. The number of ether oxygens (including phenoxy) is 1. The first kappa shape index (κ1) is 22.9. The van der Waals surface area contributed by atoms with Crippen molar-refractivity contribution >= 4 is 5.78 Å². The second kappa shape index (κ2) is 7.35. The van der Waals surface area contributed by atoms with Crippen LogP contribution in [0.25, 0.3) is 0 Å². The average molecular weight is 425 g/mol. The number of carbonyl (C=O) groups excluding carboxylic acids is 1. The zero-order valence-corrected chi connectivity index (χ0v) is 21.2. The predicted molar refractivity (Wildman–Crippen MR) is 129 cm³/mol. The molecule has 0 amide bonds. The molecule has 31 heavy (non-hydrogen) atoms.